The second kappa shape index (κ2) is 5.28. The van der Waals surface area contributed by atoms with Crippen molar-refractivity contribution in [1.82, 2.24) is 4.98 Å². The number of carbonyl (C=O) groups excluding carboxylic acids is 1. The minimum atomic E-state index is -1.39. The molecule has 7 heteroatoms. The lowest BCUT2D eigenvalue weighted by Gasteiger charge is -2.04. The Labute approximate surface area is 123 Å². The van der Waals surface area contributed by atoms with Crippen molar-refractivity contribution in [2.45, 2.75) is 0 Å². The van der Waals surface area contributed by atoms with Crippen LogP contribution in [-0.4, -0.2) is 16.1 Å². The van der Waals surface area contributed by atoms with E-state index in [0.717, 1.165) is 0 Å². The van der Waals surface area contributed by atoms with Gasteiger partial charge in [-0.2, -0.15) is 0 Å². The van der Waals surface area contributed by atoms with Crippen LogP contribution in [-0.2, 0) is 0 Å². The molecule has 0 saturated carbocycles. The fraction of sp³-hybridized carbons (Fsp3) is 0. The minimum Gasteiger partial charge on any atom is -0.545 e. The Morgan fingerprint density at radius 2 is 1.95 bits per heavy atom. The first-order valence-corrected chi connectivity index (χ1v) is 6.28. The van der Waals surface area contributed by atoms with Crippen LogP contribution in [0, 0.1) is 5.82 Å². The molecule has 0 saturated heterocycles. The van der Waals surface area contributed by atoms with Gasteiger partial charge in [-0.25, -0.2) is 4.39 Å². The van der Waals surface area contributed by atoms with Crippen LogP contribution in [0.4, 0.5) is 15.8 Å². The third-order valence-corrected chi connectivity index (χ3v) is 3.10. The molecule has 0 aliphatic rings. The number of aromatic hydroxyl groups is 1. The summed E-state index contributed by atoms with van der Waals surface area (Å²) in [6.45, 7) is 0. The summed E-state index contributed by atoms with van der Waals surface area (Å²) in [4.78, 5) is 13.6. The van der Waals surface area contributed by atoms with Gasteiger partial charge < -0.3 is 20.0 Å². The van der Waals surface area contributed by atoms with Crippen LogP contribution in [0.25, 0.3) is 10.9 Å². The summed E-state index contributed by atoms with van der Waals surface area (Å²) in [5.74, 6) is -2.16. The number of azo groups is 1. The number of aromatic amines is 1. The van der Waals surface area contributed by atoms with E-state index in [1.54, 1.807) is 6.07 Å². The Bertz CT molecular complexity index is 902. The van der Waals surface area contributed by atoms with E-state index in [1.807, 2.05) is 0 Å². The van der Waals surface area contributed by atoms with Gasteiger partial charge in [0.05, 0.1) is 17.2 Å². The Morgan fingerprint density at radius 3 is 2.73 bits per heavy atom. The molecule has 3 aromatic rings. The van der Waals surface area contributed by atoms with Gasteiger partial charge in [-0.05, 0) is 24.3 Å². The molecule has 0 radical (unpaired) electrons. The predicted octanol–water partition coefficient (Wildman–Crippen LogP) is 2.79. The van der Waals surface area contributed by atoms with Gasteiger partial charge in [-0.1, -0.05) is 18.2 Å². The third kappa shape index (κ3) is 2.39. The topological polar surface area (TPSA) is 101 Å². The fourth-order valence-corrected chi connectivity index (χ4v) is 2.07. The lowest BCUT2D eigenvalue weighted by molar-refractivity contribution is -0.254. The molecule has 110 valence electrons. The van der Waals surface area contributed by atoms with E-state index >= 15 is 0 Å². The molecule has 0 spiro atoms. The number of H-pyrrole nitrogens is 1. The van der Waals surface area contributed by atoms with Crippen LogP contribution >= 0.6 is 0 Å². The standard InChI is InChI=1S/C15H10FN3O3/c16-8-5-6-11-10(7-8)13(14(20)17-11)19-18-12-4-2-1-3-9(12)15(21)22/h1-7,17,20H,(H,21,22)/p-1. The van der Waals surface area contributed by atoms with Crippen molar-refractivity contribution in [3.63, 3.8) is 0 Å². The number of fused-ring (bicyclic) bond motifs is 1. The van der Waals surface area contributed by atoms with Crippen molar-refractivity contribution in [2.24, 2.45) is 10.2 Å². The highest BCUT2D eigenvalue weighted by atomic mass is 19.1. The van der Waals surface area contributed by atoms with Crippen molar-refractivity contribution in [3.8, 4) is 5.88 Å². The zero-order valence-corrected chi connectivity index (χ0v) is 11.1. The lowest BCUT2D eigenvalue weighted by Crippen LogP contribution is -2.22. The van der Waals surface area contributed by atoms with Crippen LogP contribution in [0.5, 0.6) is 5.88 Å². The van der Waals surface area contributed by atoms with Crippen LogP contribution < -0.4 is 5.11 Å². The van der Waals surface area contributed by atoms with E-state index in [0.29, 0.717) is 10.9 Å². The molecule has 6 nitrogen and oxygen atoms in total. The molecule has 3 rings (SSSR count). The average molecular weight is 298 g/mol. The zero-order valence-electron chi connectivity index (χ0n) is 11.1. The van der Waals surface area contributed by atoms with E-state index in [-0.39, 0.29) is 22.8 Å². The maximum Gasteiger partial charge on any atom is 0.218 e. The van der Waals surface area contributed by atoms with E-state index in [4.69, 9.17) is 0 Å². The highest BCUT2D eigenvalue weighted by molar-refractivity contribution is 5.94. The summed E-state index contributed by atoms with van der Waals surface area (Å²) in [7, 11) is 0. The second-order valence-electron chi connectivity index (χ2n) is 4.52. The molecule has 22 heavy (non-hydrogen) atoms. The first kappa shape index (κ1) is 13.7. The predicted molar refractivity (Wildman–Crippen MR) is 74.9 cm³/mol. The summed E-state index contributed by atoms with van der Waals surface area (Å²) >= 11 is 0. The van der Waals surface area contributed by atoms with E-state index < -0.39 is 11.8 Å². The number of aromatic carboxylic acids is 1. The first-order chi connectivity index (χ1) is 10.6. The summed E-state index contributed by atoms with van der Waals surface area (Å²) < 4.78 is 13.3. The smallest absolute Gasteiger partial charge is 0.218 e. The number of hydrogen-bond acceptors (Lipinski definition) is 5. The zero-order chi connectivity index (χ0) is 15.7. The first-order valence-electron chi connectivity index (χ1n) is 6.28. The fourth-order valence-electron chi connectivity index (χ4n) is 2.07. The van der Waals surface area contributed by atoms with Gasteiger partial charge in [0.2, 0.25) is 5.88 Å². The third-order valence-electron chi connectivity index (χ3n) is 3.10. The molecule has 0 atom stereocenters. The maximum atomic E-state index is 13.3. The molecule has 0 amide bonds. The Kier molecular flexibility index (Phi) is 3.30. The summed E-state index contributed by atoms with van der Waals surface area (Å²) in [6, 6.07) is 9.80. The normalized spacial score (nSPS) is 11.3. The minimum absolute atomic E-state index is 0.0302. The van der Waals surface area contributed by atoms with Gasteiger partial charge in [-0.15, -0.1) is 10.2 Å². The van der Waals surface area contributed by atoms with Crippen LogP contribution in [0.15, 0.2) is 52.7 Å². The molecular weight excluding hydrogens is 289 g/mol. The monoisotopic (exact) mass is 298 g/mol. The highest BCUT2D eigenvalue weighted by Gasteiger charge is 2.11. The van der Waals surface area contributed by atoms with Gasteiger partial charge in [0.1, 0.15) is 5.82 Å². The number of halogens is 1. The Morgan fingerprint density at radius 1 is 1.18 bits per heavy atom. The number of carbonyl (C=O) groups is 1. The molecule has 1 aromatic heterocycles. The van der Waals surface area contributed by atoms with Crippen molar-refractivity contribution >= 4 is 28.2 Å². The number of carboxylic acids is 1. The number of aromatic nitrogens is 1. The number of rotatable bonds is 3. The Balaban J connectivity index is 2.09. The number of hydrogen-bond donors (Lipinski definition) is 2. The largest absolute Gasteiger partial charge is 0.545 e. The second-order valence-corrected chi connectivity index (χ2v) is 4.52. The summed E-state index contributed by atoms with van der Waals surface area (Å²) in [5, 5.41) is 28.8. The molecule has 0 fully saturated rings. The SMILES string of the molecule is O=C([O-])c1ccccc1N=Nc1c(O)[nH]c2ccc(F)cc12. The van der Waals surface area contributed by atoms with Crippen molar-refractivity contribution in [3.05, 3.63) is 53.8 Å². The van der Waals surface area contributed by atoms with Crippen molar-refractivity contribution < 1.29 is 19.4 Å². The molecule has 0 aliphatic heterocycles. The molecular formula is C15H9FN3O3-. The molecule has 1 heterocycles. The number of nitrogens with zero attached hydrogens (tertiary/aromatic N) is 2. The van der Waals surface area contributed by atoms with Gasteiger partial charge in [0, 0.05) is 10.9 Å². The molecule has 0 unspecified atom stereocenters. The molecule has 2 aromatic carbocycles. The molecule has 2 N–H and O–H groups in total. The van der Waals surface area contributed by atoms with Crippen molar-refractivity contribution in [1.29, 1.82) is 0 Å². The summed E-state index contributed by atoms with van der Waals surface area (Å²) in [6.07, 6.45) is 0. The van der Waals surface area contributed by atoms with Gasteiger partial charge in [0.15, 0.2) is 5.69 Å². The van der Waals surface area contributed by atoms with Crippen molar-refractivity contribution in [2.75, 3.05) is 0 Å². The lowest BCUT2D eigenvalue weighted by atomic mass is 10.2. The quantitative estimate of drug-likeness (QED) is 0.727. The van der Waals surface area contributed by atoms with Gasteiger partial charge in [0.25, 0.3) is 0 Å². The van der Waals surface area contributed by atoms with Crippen LogP contribution in [0.1, 0.15) is 10.4 Å². The average Bonchev–Trinajstić information content (AvgIpc) is 2.80. The van der Waals surface area contributed by atoms with E-state index in [9.17, 15) is 19.4 Å². The number of benzene rings is 2. The van der Waals surface area contributed by atoms with Crippen LogP contribution in [0.2, 0.25) is 0 Å². The highest BCUT2D eigenvalue weighted by Crippen LogP contribution is 2.36. The Hall–Kier alpha value is -3.22. The molecule has 0 aliphatic carbocycles. The molecule has 0 bridgehead atoms. The van der Waals surface area contributed by atoms with Gasteiger partial charge in [-0.3, -0.25) is 0 Å². The number of carboxylic acid groups (broad SMARTS) is 1. The maximum absolute atomic E-state index is 13.3. The van der Waals surface area contributed by atoms with Gasteiger partial charge >= 0.3 is 0 Å². The summed E-state index contributed by atoms with van der Waals surface area (Å²) in [5.41, 5.74) is 0.466. The van der Waals surface area contributed by atoms with E-state index in [2.05, 4.69) is 15.2 Å². The number of nitrogens with one attached hydrogen (secondary N) is 1. The van der Waals surface area contributed by atoms with Crippen LogP contribution in [0.3, 0.4) is 0 Å². The van der Waals surface area contributed by atoms with E-state index in [1.165, 1.54) is 36.4 Å².